The summed E-state index contributed by atoms with van der Waals surface area (Å²) in [5.41, 5.74) is 1.05. The summed E-state index contributed by atoms with van der Waals surface area (Å²) < 4.78 is 1.06. The maximum absolute atomic E-state index is 9.43. The van der Waals surface area contributed by atoms with Crippen LogP contribution in [0.5, 0.6) is 5.75 Å². The number of phenols is 1. The average molecular weight is 262 g/mol. The van der Waals surface area contributed by atoms with Crippen molar-refractivity contribution in [2.75, 3.05) is 0 Å². The molecule has 0 fully saturated rings. The van der Waals surface area contributed by atoms with Crippen molar-refractivity contribution < 1.29 is 5.11 Å². The Labute approximate surface area is 107 Å². The molecule has 2 heterocycles. The second kappa shape index (κ2) is 4.02. The molecule has 3 rings (SSSR count). The zero-order chi connectivity index (χ0) is 11.8. The topological polar surface area (TPSA) is 33.1 Å². The van der Waals surface area contributed by atoms with Gasteiger partial charge in [0.1, 0.15) is 10.9 Å². The molecule has 84 valence electrons. The second-order valence-electron chi connectivity index (χ2n) is 3.70. The summed E-state index contributed by atoms with van der Waals surface area (Å²) in [5, 5.41) is 11.0. The van der Waals surface area contributed by atoms with Crippen molar-refractivity contribution in [1.82, 2.24) is 4.98 Å². The van der Waals surface area contributed by atoms with Gasteiger partial charge in [-0.2, -0.15) is 0 Å². The van der Waals surface area contributed by atoms with E-state index in [-0.39, 0.29) is 0 Å². The van der Waals surface area contributed by atoms with E-state index < -0.39 is 0 Å². The van der Waals surface area contributed by atoms with E-state index in [1.54, 1.807) is 29.7 Å². The van der Waals surface area contributed by atoms with Gasteiger partial charge in [-0.25, -0.2) is 4.98 Å². The van der Waals surface area contributed by atoms with Crippen molar-refractivity contribution >= 4 is 33.0 Å². The Hall–Kier alpha value is -1.58. The third-order valence-electron chi connectivity index (χ3n) is 2.51. The first-order valence-corrected chi connectivity index (χ1v) is 6.26. The highest BCUT2D eigenvalue weighted by molar-refractivity contribution is 7.22. The number of aromatic nitrogens is 1. The molecule has 2 nitrogen and oxygen atoms in total. The maximum Gasteiger partial charge on any atom is 0.129 e. The monoisotopic (exact) mass is 261 g/mol. The van der Waals surface area contributed by atoms with Crippen molar-refractivity contribution in [3.63, 3.8) is 0 Å². The second-order valence-corrected chi connectivity index (χ2v) is 5.17. The van der Waals surface area contributed by atoms with Gasteiger partial charge in [-0.3, -0.25) is 0 Å². The first kappa shape index (κ1) is 10.6. The van der Waals surface area contributed by atoms with Crippen LogP contribution in [0, 0.1) is 0 Å². The molecule has 0 atom stereocenters. The minimum atomic E-state index is 0.290. The third kappa shape index (κ3) is 1.99. The van der Waals surface area contributed by atoms with Gasteiger partial charge in [0.25, 0.3) is 0 Å². The fraction of sp³-hybridized carbons (Fsp3) is 0. The van der Waals surface area contributed by atoms with Crippen LogP contribution < -0.4 is 0 Å². The molecular weight excluding hydrogens is 254 g/mol. The number of rotatable bonds is 1. The Balaban J connectivity index is 2.18. The smallest absolute Gasteiger partial charge is 0.129 e. The minimum absolute atomic E-state index is 0.290. The number of nitrogens with zero attached hydrogens (tertiary/aromatic N) is 1. The molecule has 0 spiro atoms. The van der Waals surface area contributed by atoms with Gasteiger partial charge in [0.05, 0.1) is 0 Å². The molecule has 2 aromatic heterocycles. The molecule has 0 aliphatic rings. The van der Waals surface area contributed by atoms with Gasteiger partial charge in [-0.05, 0) is 47.3 Å². The number of aromatic hydroxyl groups is 1. The summed E-state index contributed by atoms with van der Waals surface area (Å²) in [5.74, 6) is 0.290. The predicted octanol–water partition coefficient (Wildman–Crippen LogP) is 4.32. The molecular formula is C13H8ClNOS. The molecule has 1 aromatic carbocycles. The number of hydrogen-bond acceptors (Lipinski definition) is 3. The highest BCUT2D eigenvalue weighted by atomic mass is 35.5. The van der Waals surface area contributed by atoms with Crippen LogP contribution in [0.15, 0.2) is 42.6 Å². The Morgan fingerprint density at radius 1 is 1.12 bits per heavy atom. The van der Waals surface area contributed by atoms with Crippen molar-refractivity contribution in [3.05, 3.63) is 47.7 Å². The number of phenolic OH excluding ortho intramolecular Hbond substituents is 1. The van der Waals surface area contributed by atoms with Gasteiger partial charge >= 0.3 is 0 Å². The predicted molar refractivity (Wildman–Crippen MR) is 71.7 cm³/mol. The van der Waals surface area contributed by atoms with Crippen LogP contribution in [0.2, 0.25) is 5.15 Å². The van der Waals surface area contributed by atoms with E-state index in [2.05, 4.69) is 11.1 Å². The van der Waals surface area contributed by atoms with E-state index in [1.807, 2.05) is 18.2 Å². The standard InChI is InChI=1S/C13H8ClNOS/c14-13-6-9(3-4-15-13)11-5-8-1-2-10(16)7-12(8)17-11/h1-7,16H. The highest BCUT2D eigenvalue weighted by Crippen LogP contribution is 2.35. The molecule has 0 bridgehead atoms. The van der Waals surface area contributed by atoms with E-state index in [0.717, 1.165) is 20.5 Å². The van der Waals surface area contributed by atoms with Crippen molar-refractivity contribution in [3.8, 4) is 16.2 Å². The lowest BCUT2D eigenvalue weighted by atomic mass is 10.2. The molecule has 4 heteroatoms. The van der Waals surface area contributed by atoms with Gasteiger partial charge < -0.3 is 5.11 Å². The first-order chi connectivity index (χ1) is 8.22. The van der Waals surface area contributed by atoms with Gasteiger partial charge in [0.2, 0.25) is 0 Å². The van der Waals surface area contributed by atoms with Crippen LogP contribution in [0.4, 0.5) is 0 Å². The van der Waals surface area contributed by atoms with Gasteiger partial charge in [-0.1, -0.05) is 11.6 Å². The fourth-order valence-corrected chi connectivity index (χ4v) is 2.98. The normalized spacial score (nSPS) is 10.9. The maximum atomic E-state index is 9.43. The molecule has 0 saturated heterocycles. The van der Waals surface area contributed by atoms with E-state index in [4.69, 9.17) is 11.6 Å². The van der Waals surface area contributed by atoms with Gasteiger partial charge in [0.15, 0.2) is 0 Å². The van der Waals surface area contributed by atoms with Crippen molar-refractivity contribution in [2.45, 2.75) is 0 Å². The SMILES string of the molecule is Oc1ccc2cc(-c3ccnc(Cl)c3)sc2c1. The molecule has 0 aliphatic carbocycles. The average Bonchev–Trinajstić information content (AvgIpc) is 2.72. The van der Waals surface area contributed by atoms with E-state index in [0.29, 0.717) is 10.9 Å². The van der Waals surface area contributed by atoms with E-state index >= 15 is 0 Å². The lowest BCUT2D eigenvalue weighted by Gasteiger charge is -1.95. The number of thiophene rings is 1. The minimum Gasteiger partial charge on any atom is -0.508 e. The molecule has 0 aliphatic heterocycles. The van der Waals surface area contributed by atoms with Gasteiger partial charge in [-0.15, -0.1) is 11.3 Å². The summed E-state index contributed by atoms with van der Waals surface area (Å²) >= 11 is 7.50. The molecule has 0 unspecified atom stereocenters. The Kier molecular flexibility index (Phi) is 2.50. The zero-order valence-corrected chi connectivity index (χ0v) is 10.3. The zero-order valence-electron chi connectivity index (χ0n) is 8.72. The summed E-state index contributed by atoms with van der Waals surface area (Å²) in [7, 11) is 0. The lowest BCUT2D eigenvalue weighted by molar-refractivity contribution is 0.476. The van der Waals surface area contributed by atoms with Crippen LogP contribution in [0.3, 0.4) is 0 Å². The molecule has 0 amide bonds. The van der Waals surface area contributed by atoms with Crippen LogP contribution in [0.25, 0.3) is 20.5 Å². The Morgan fingerprint density at radius 3 is 2.82 bits per heavy atom. The van der Waals surface area contributed by atoms with Crippen LogP contribution in [0.1, 0.15) is 0 Å². The Bertz CT molecular complexity index is 693. The lowest BCUT2D eigenvalue weighted by Crippen LogP contribution is -1.75. The van der Waals surface area contributed by atoms with E-state index in [9.17, 15) is 5.11 Å². The van der Waals surface area contributed by atoms with Gasteiger partial charge in [0, 0.05) is 15.8 Å². The number of benzene rings is 1. The first-order valence-electron chi connectivity index (χ1n) is 5.07. The van der Waals surface area contributed by atoms with Crippen LogP contribution in [-0.2, 0) is 0 Å². The van der Waals surface area contributed by atoms with E-state index in [1.165, 1.54) is 0 Å². The van der Waals surface area contributed by atoms with Crippen LogP contribution in [-0.4, -0.2) is 10.1 Å². The molecule has 1 N–H and O–H groups in total. The third-order valence-corrected chi connectivity index (χ3v) is 3.87. The summed E-state index contributed by atoms with van der Waals surface area (Å²) in [6, 6.07) is 11.2. The summed E-state index contributed by atoms with van der Waals surface area (Å²) in [4.78, 5) is 5.08. The summed E-state index contributed by atoms with van der Waals surface area (Å²) in [6.07, 6.45) is 1.69. The number of halogens is 1. The molecule has 17 heavy (non-hydrogen) atoms. The largest absolute Gasteiger partial charge is 0.508 e. The summed E-state index contributed by atoms with van der Waals surface area (Å²) in [6.45, 7) is 0. The van der Waals surface area contributed by atoms with Crippen molar-refractivity contribution in [1.29, 1.82) is 0 Å². The van der Waals surface area contributed by atoms with Crippen molar-refractivity contribution in [2.24, 2.45) is 0 Å². The quantitative estimate of drug-likeness (QED) is 0.662. The number of hydrogen-bond donors (Lipinski definition) is 1. The van der Waals surface area contributed by atoms with Crippen LogP contribution >= 0.6 is 22.9 Å². The molecule has 0 saturated carbocycles. The molecule has 3 aromatic rings. The fourth-order valence-electron chi connectivity index (χ4n) is 1.72. The number of pyridine rings is 1. The number of fused-ring (bicyclic) bond motifs is 1. The molecule has 0 radical (unpaired) electrons. The Morgan fingerprint density at radius 2 is 2.00 bits per heavy atom. The highest BCUT2D eigenvalue weighted by Gasteiger charge is 2.05.